The number of hydrogen-bond acceptors (Lipinski definition) is 5. The van der Waals surface area contributed by atoms with Gasteiger partial charge in [0.2, 0.25) is 5.91 Å². The van der Waals surface area contributed by atoms with E-state index in [2.05, 4.69) is 20.2 Å². The number of aromatic nitrogens is 3. The minimum Gasteiger partial charge on any atom is -0.494 e. The molecule has 3 aromatic rings. The van der Waals surface area contributed by atoms with Gasteiger partial charge >= 0.3 is 0 Å². The van der Waals surface area contributed by atoms with Gasteiger partial charge in [0.15, 0.2) is 5.65 Å². The molecule has 31 heavy (non-hydrogen) atoms. The van der Waals surface area contributed by atoms with Gasteiger partial charge in [-0.15, -0.1) is 0 Å². The van der Waals surface area contributed by atoms with E-state index in [9.17, 15) is 9.59 Å². The van der Waals surface area contributed by atoms with E-state index in [1.807, 2.05) is 13.8 Å². The third-order valence-corrected chi connectivity index (χ3v) is 5.30. The zero-order chi connectivity index (χ0) is 21.8. The Bertz CT molecular complexity index is 1100. The van der Waals surface area contributed by atoms with E-state index >= 15 is 0 Å². The van der Waals surface area contributed by atoms with Crippen LogP contribution in [0.4, 0.5) is 5.69 Å². The Morgan fingerprint density at radius 1 is 1.13 bits per heavy atom. The Labute approximate surface area is 181 Å². The Morgan fingerprint density at radius 3 is 2.71 bits per heavy atom. The van der Waals surface area contributed by atoms with Crippen molar-refractivity contribution in [3.63, 3.8) is 0 Å². The second-order valence-electron chi connectivity index (χ2n) is 7.66. The highest BCUT2D eigenvalue weighted by molar-refractivity contribution is 6.06. The standard InChI is InChI=1S/C23H27N5O3/c1-3-31-17-10-8-16(9-11-17)26-20(29)14-24-23(30)18-13-15(2)25-22-21(18)27-19-7-5-4-6-12-28(19)22/h8-11,13H,3-7,12,14H2,1-2H3,(H,24,30)(H,26,29). The van der Waals surface area contributed by atoms with Crippen molar-refractivity contribution < 1.29 is 14.3 Å². The first-order valence-electron chi connectivity index (χ1n) is 10.7. The molecule has 0 saturated heterocycles. The van der Waals surface area contributed by atoms with Crippen molar-refractivity contribution in [1.82, 2.24) is 19.9 Å². The van der Waals surface area contributed by atoms with Crippen LogP contribution < -0.4 is 15.4 Å². The molecule has 162 valence electrons. The summed E-state index contributed by atoms with van der Waals surface area (Å²) >= 11 is 0. The van der Waals surface area contributed by atoms with Crippen LogP contribution in [-0.4, -0.2) is 39.5 Å². The van der Waals surface area contributed by atoms with Crippen molar-refractivity contribution in [2.75, 3.05) is 18.5 Å². The third kappa shape index (κ3) is 4.68. The zero-order valence-corrected chi connectivity index (χ0v) is 17.9. The first kappa shape index (κ1) is 20.8. The first-order valence-corrected chi connectivity index (χ1v) is 10.7. The molecule has 1 aliphatic heterocycles. The highest BCUT2D eigenvalue weighted by Gasteiger charge is 2.21. The molecular weight excluding hydrogens is 394 g/mol. The first-order chi connectivity index (χ1) is 15.0. The number of benzene rings is 1. The lowest BCUT2D eigenvalue weighted by Crippen LogP contribution is -2.33. The summed E-state index contributed by atoms with van der Waals surface area (Å²) in [6.07, 6.45) is 4.24. The summed E-state index contributed by atoms with van der Waals surface area (Å²) in [4.78, 5) is 34.5. The summed E-state index contributed by atoms with van der Waals surface area (Å²) in [5.41, 5.74) is 3.20. The fraction of sp³-hybridized carbons (Fsp3) is 0.391. The van der Waals surface area contributed by atoms with Gasteiger partial charge in [-0.3, -0.25) is 9.59 Å². The van der Waals surface area contributed by atoms with Crippen molar-refractivity contribution >= 4 is 28.7 Å². The fourth-order valence-electron chi connectivity index (χ4n) is 3.85. The van der Waals surface area contributed by atoms with E-state index in [1.54, 1.807) is 30.3 Å². The minimum absolute atomic E-state index is 0.136. The summed E-state index contributed by atoms with van der Waals surface area (Å²) in [6, 6.07) is 8.83. The molecule has 0 aliphatic carbocycles. The number of amides is 2. The molecule has 1 aromatic carbocycles. The van der Waals surface area contributed by atoms with Crippen molar-refractivity contribution in [2.24, 2.45) is 0 Å². The maximum absolute atomic E-state index is 12.9. The lowest BCUT2D eigenvalue weighted by Gasteiger charge is -2.09. The topological polar surface area (TPSA) is 98.1 Å². The number of hydrogen-bond donors (Lipinski definition) is 2. The Kier molecular flexibility index (Phi) is 6.16. The van der Waals surface area contributed by atoms with Crippen LogP contribution in [-0.2, 0) is 17.8 Å². The van der Waals surface area contributed by atoms with E-state index in [-0.39, 0.29) is 18.4 Å². The van der Waals surface area contributed by atoms with Gasteiger partial charge < -0.3 is 19.9 Å². The van der Waals surface area contributed by atoms with Crippen LogP contribution in [0.2, 0.25) is 0 Å². The quantitative estimate of drug-likeness (QED) is 0.637. The van der Waals surface area contributed by atoms with Crippen LogP contribution in [0.1, 0.15) is 48.1 Å². The summed E-state index contributed by atoms with van der Waals surface area (Å²) in [5, 5.41) is 5.48. The van der Waals surface area contributed by atoms with Gasteiger partial charge in [-0.2, -0.15) is 0 Å². The van der Waals surface area contributed by atoms with Crippen LogP contribution in [0.3, 0.4) is 0 Å². The maximum atomic E-state index is 12.9. The van der Waals surface area contributed by atoms with Crippen molar-refractivity contribution in [1.29, 1.82) is 0 Å². The second kappa shape index (κ2) is 9.16. The summed E-state index contributed by atoms with van der Waals surface area (Å²) in [6.45, 7) is 5.09. The average molecular weight is 422 g/mol. The minimum atomic E-state index is -0.328. The van der Waals surface area contributed by atoms with Crippen molar-refractivity contribution in [3.8, 4) is 5.75 Å². The Hall–Kier alpha value is -3.42. The van der Waals surface area contributed by atoms with Gasteiger partial charge in [-0.05, 0) is 57.0 Å². The van der Waals surface area contributed by atoms with Gasteiger partial charge in [0.1, 0.15) is 17.1 Å². The third-order valence-electron chi connectivity index (χ3n) is 5.30. The molecule has 0 fully saturated rings. The van der Waals surface area contributed by atoms with Crippen molar-refractivity contribution in [2.45, 2.75) is 46.1 Å². The smallest absolute Gasteiger partial charge is 0.254 e. The summed E-state index contributed by atoms with van der Waals surface area (Å²) in [5.74, 6) is 1.09. The van der Waals surface area contributed by atoms with Gasteiger partial charge in [-0.1, -0.05) is 6.42 Å². The molecule has 0 spiro atoms. The lowest BCUT2D eigenvalue weighted by molar-refractivity contribution is -0.115. The molecule has 0 radical (unpaired) electrons. The van der Waals surface area contributed by atoms with Crippen LogP contribution >= 0.6 is 0 Å². The average Bonchev–Trinajstić information content (AvgIpc) is 2.93. The fourth-order valence-corrected chi connectivity index (χ4v) is 3.85. The molecule has 2 aromatic heterocycles. The van der Waals surface area contributed by atoms with Gasteiger partial charge in [0.25, 0.3) is 5.91 Å². The number of carbonyl (C=O) groups is 2. The molecule has 0 bridgehead atoms. The SMILES string of the molecule is CCOc1ccc(NC(=O)CNC(=O)c2cc(C)nc3c2nc2n3CCCCC2)cc1. The number of fused-ring (bicyclic) bond motifs is 3. The van der Waals surface area contributed by atoms with Crippen LogP contribution in [0.25, 0.3) is 11.2 Å². The zero-order valence-electron chi connectivity index (χ0n) is 17.9. The molecule has 8 heteroatoms. The van der Waals surface area contributed by atoms with E-state index in [1.165, 1.54) is 6.42 Å². The number of rotatable bonds is 6. The Morgan fingerprint density at radius 2 is 1.94 bits per heavy atom. The van der Waals surface area contributed by atoms with Gasteiger partial charge in [-0.25, -0.2) is 9.97 Å². The predicted octanol–water partition coefficient (Wildman–Crippen LogP) is 3.23. The van der Waals surface area contributed by atoms with E-state index < -0.39 is 0 Å². The molecule has 1 aliphatic rings. The number of ether oxygens (including phenoxy) is 1. The normalized spacial score (nSPS) is 13.4. The number of nitrogens with zero attached hydrogens (tertiary/aromatic N) is 3. The largest absolute Gasteiger partial charge is 0.494 e. The highest BCUT2D eigenvalue weighted by atomic mass is 16.5. The van der Waals surface area contributed by atoms with Crippen LogP contribution in [0, 0.1) is 6.92 Å². The molecular formula is C23H27N5O3. The molecule has 2 amide bonds. The van der Waals surface area contributed by atoms with Crippen LogP contribution in [0.15, 0.2) is 30.3 Å². The van der Waals surface area contributed by atoms with Crippen LogP contribution in [0.5, 0.6) is 5.75 Å². The number of aryl methyl sites for hydroxylation is 3. The highest BCUT2D eigenvalue weighted by Crippen LogP contribution is 2.24. The van der Waals surface area contributed by atoms with E-state index in [0.29, 0.717) is 23.4 Å². The monoisotopic (exact) mass is 421 g/mol. The number of nitrogens with one attached hydrogen (secondary N) is 2. The van der Waals surface area contributed by atoms with Gasteiger partial charge in [0.05, 0.1) is 18.7 Å². The molecule has 0 atom stereocenters. The molecule has 0 saturated carbocycles. The summed E-state index contributed by atoms with van der Waals surface area (Å²) < 4.78 is 7.52. The summed E-state index contributed by atoms with van der Waals surface area (Å²) in [7, 11) is 0. The van der Waals surface area contributed by atoms with Gasteiger partial charge in [0, 0.05) is 24.3 Å². The number of pyridine rings is 1. The van der Waals surface area contributed by atoms with Crippen molar-refractivity contribution in [3.05, 3.63) is 47.4 Å². The molecule has 4 rings (SSSR count). The molecule has 3 heterocycles. The Balaban J connectivity index is 1.45. The van der Waals surface area contributed by atoms with E-state index in [4.69, 9.17) is 9.72 Å². The number of anilines is 1. The predicted molar refractivity (Wildman–Crippen MR) is 118 cm³/mol. The maximum Gasteiger partial charge on any atom is 0.254 e. The molecule has 8 nitrogen and oxygen atoms in total. The second-order valence-corrected chi connectivity index (χ2v) is 7.66. The van der Waals surface area contributed by atoms with E-state index in [0.717, 1.165) is 48.7 Å². The lowest BCUT2D eigenvalue weighted by atomic mass is 10.2. The molecule has 0 unspecified atom stereocenters. The molecule has 2 N–H and O–H groups in total. The number of imidazole rings is 1. The number of carbonyl (C=O) groups excluding carboxylic acids is 2.